The molecule has 0 saturated heterocycles. The van der Waals surface area contributed by atoms with Crippen molar-refractivity contribution in [2.24, 2.45) is 0 Å². The molecule has 2 aromatic heterocycles. The van der Waals surface area contributed by atoms with Gasteiger partial charge in [-0.05, 0) is 31.2 Å². The molecule has 124 valence electrons. The standard InChI is InChI=1S/C16H14FN3O3S/c1-2-18-15(22)13-9-24-16-19-11(7-14(21)20(13)16)8-23-12-5-3-10(17)4-6-12/h3-7,9H,2,8H2,1H3,(H,18,22). The molecule has 1 N–H and O–H groups in total. The molecule has 0 bridgehead atoms. The highest BCUT2D eigenvalue weighted by molar-refractivity contribution is 7.15. The Labute approximate surface area is 140 Å². The SMILES string of the molecule is CCNC(=O)c1csc2nc(COc3ccc(F)cc3)cc(=O)n12. The molecule has 0 spiro atoms. The van der Waals surface area contributed by atoms with E-state index in [0.29, 0.717) is 22.9 Å². The van der Waals surface area contributed by atoms with Crippen molar-refractivity contribution in [3.05, 3.63) is 63.3 Å². The van der Waals surface area contributed by atoms with E-state index in [4.69, 9.17) is 4.74 Å². The second-order valence-electron chi connectivity index (χ2n) is 4.93. The van der Waals surface area contributed by atoms with E-state index in [2.05, 4.69) is 10.3 Å². The second kappa shape index (κ2) is 6.79. The van der Waals surface area contributed by atoms with Crippen LogP contribution >= 0.6 is 11.3 Å². The molecule has 1 amide bonds. The van der Waals surface area contributed by atoms with Gasteiger partial charge < -0.3 is 10.1 Å². The molecule has 8 heteroatoms. The Kier molecular flexibility index (Phi) is 4.57. The number of aromatic nitrogens is 2. The number of halogens is 1. The fourth-order valence-electron chi connectivity index (χ4n) is 2.14. The van der Waals surface area contributed by atoms with E-state index in [1.54, 1.807) is 12.3 Å². The molecule has 0 saturated carbocycles. The number of carbonyl (C=O) groups is 1. The molecule has 2 heterocycles. The van der Waals surface area contributed by atoms with Crippen LogP contribution in [0.4, 0.5) is 4.39 Å². The van der Waals surface area contributed by atoms with Crippen LogP contribution in [-0.2, 0) is 6.61 Å². The highest BCUT2D eigenvalue weighted by Crippen LogP contribution is 2.15. The largest absolute Gasteiger partial charge is 0.487 e. The number of nitrogens with zero attached hydrogens (tertiary/aromatic N) is 2. The van der Waals surface area contributed by atoms with Crippen LogP contribution < -0.4 is 15.6 Å². The summed E-state index contributed by atoms with van der Waals surface area (Å²) in [7, 11) is 0. The molecular weight excluding hydrogens is 333 g/mol. The van der Waals surface area contributed by atoms with Crippen LogP contribution in [0.5, 0.6) is 5.75 Å². The normalized spacial score (nSPS) is 10.8. The minimum atomic E-state index is -0.350. The van der Waals surface area contributed by atoms with Gasteiger partial charge in [0.25, 0.3) is 11.5 Å². The lowest BCUT2D eigenvalue weighted by atomic mass is 10.3. The third kappa shape index (κ3) is 3.28. The first-order valence-electron chi connectivity index (χ1n) is 7.25. The summed E-state index contributed by atoms with van der Waals surface area (Å²) in [5, 5.41) is 4.25. The van der Waals surface area contributed by atoms with Crippen LogP contribution in [0, 0.1) is 5.82 Å². The summed E-state index contributed by atoms with van der Waals surface area (Å²) in [4.78, 5) is 29.0. The quantitative estimate of drug-likeness (QED) is 0.768. The molecule has 3 aromatic rings. The van der Waals surface area contributed by atoms with Crippen molar-refractivity contribution < 1.29 is 13.9 Å². The minimum absolute atomic E-state index is 0.0752. The van der Waals surface area contributed by atoms with Crippen molar-refractivity contribution >= 4 is 22.2 Å². The smallest absolute Gasteiger partial charge is 0.269 e. The van der Waals surface area contributed by atoms with Crippen LogP contribution in [0.1, 0.15) is 23.1 Å². The second-order valence-corrected chi connectivity index (χ2v) is 5.76. The van der Waals surface area contributed by atoms with Crippen molar-refractivity contribution in [1.82, 2.24) is 14.7 Å². The number of ether oxygens (including phenoxy) is 1. The number of hydrogen-bond acceptors (Lipinski definition) is 5. The number of nitrogens with one attached hydrogen (secondary N) is 1. The summed E-state index contributed by atoms with van der Waals surface area (Å²) in [6, 6.07) is 6.90. The first-order valence-corrected chi connectivity index (χ1v) is 8.13. The summed E-state index contributed by atoms with van der Waals surface area (Å²) in [6.07, 6.45) is 0. The maximum Gasteiger partial charge on any atom is 0.269 e. The highest BCUT2D eigenvalue weighted by atomic mass is 32.1. The Morgan fingerprint density at radius 2 is 2.12 bits per heavy atom. The summed E-state index contributed by atoms with van der Waals surface area (Å²) in [6.45, 7) is 2.35. The van der Waals surface area contributed by atoms with Crippen LogP contribution in [0.25, 0.3) is 4.96 Å². The zero-order chi connectivity index (χ0) is 17.1. The first kappa shape index (κ1) is 16.1. The van der Waals surface area contributed by atoms with E-state index in [9.17, 15) is 14.0 Å². The molecule has 1 aromatic carbocycles. The van der Waals surface area contributed by atoms with Gasteiger partial charge in [0.15, 0.2) is 4.96 Å². The molecule has 0 fully saturated rings. The molecule has 0 radical (unpaired) electrons. The molecule has 24 heavy (non-hydrogen) atoms. The Bertz CT molecular complexity index is 934. The fraction of sp³-hybridized carbons (Fsp3) is 0.188. The number of benzene rings is 1. The van der Waals surface area contributed by atoms with Gasteiger partial charge in [-0.15, -0.1) is 11.3 Å². The van der Waals surface area contributed by atoms with E-state index in [1.807, 2.05) is 0 Å². The van der Waals surface area contributed by atoms with Crippen molar-refractivity contribution in [2.45, 2.75) is 13.5 Å². The van der Waals surface area contributed by atoms with Gasteiger partial charge in [-0.3, -0.25) is 9.59 Å². The molecule has 0 aliphatic rings. The van der Waals surface area contributed by atoms with Crippen molar-refractivity contribution in [1.29, 1.82) is 0 Å². The molecule has 0 aliphatic heterocycles. The minimum Gasteiger partial charge on any atom is -0.487 e. The van der Waals surface area contributed by atoms with Crippen LogP contribution in [-0.4, -0.2) is 21.8 Å². The van der Waals surface area contributed by atoms with Gasteiger partial charge in [-0.2, -0.15) is 0 Å². The van der Waals surface area contributed by atoms with E-state index < -0.39 is 0 Å². The predicted molar refractivity (Wildman–Crippen MR) is 88.1 cm³/mol. The van der Waals surface area contributed by atoms with E-state index in [0.717, 1.165) is 0 Å². The zero-order valence-corrected chi connectivity index (χ0v) is 13.6. The van der Waals surface area contributed by atoms with Gasteiger partial charge in [0.05, 0.1) is 5.69 Å². The number of thiazole rings is 1. The third-order valence-electron chi connectivity index (χ3n) is 3.23. The average Bonchev–Trinajstić information content (AvgIpc) is 2.99. The maximum absolute atomic E-state index is 12.9. The van der Waals surface area contributed by atoms with E-state index in [-0.39, 0.29) is 29.6 Å². The Morgan fingerprint density at radius 3 is 2.83 bits per heavy atom. The monoisotopic (exact) mass is 347 g/mol. The van der Waals surface area contributed by atoms with E-state index >= 15 is 0 Å². The van der Waals surface area contributed by atoms with Crippen molar-refractivity contribution in [3.8, 4) is 5.75 Å². The summed E-state index contributed by atoms with van der Waals surface area (Å²) >= 11 is 1.21. The van der Waals surface area contributed by atoms with Crippen molar-refractivity contribution in [3.63, 3.8) is 0 Å². The first-order chi connectivity index (χ1) is 11.6. The van der Waals surface area contributed by atoms with Gasteiger partial charge in [-0.1, -0.05) is 0 Å². The predicted octanol–water partition coefficient (Wildman–Crippen LogP) is 2.22. The number of hydrogen-bond donors (Lipinski definition) is 1. The van der Waals surface area contributed by atoms with Gasteiger partial charge in [0.1, 0.15) is 23.9 Å². The van der Waals surface area contributed by atoms with Crippen LogP contribution in [0.15, 0.2) is 40.5 Å². The third-order valence-corrected chi connectivity index (χ3v) is 4.05. The molecule has 0 atom stereocenters. The lowest BCUT2D eigenvalue weighted by molar-refractivity contribution is 0.0950. The molecule has 0 unspecified atom stereocenters. The number of carbonyl (C=O) groups excluding carboxylic acids is 1. The van der Waals surface area contributed by atoms with Gasteiger partial charge in [-0.25, -0.2) is 13.8 Å². The topological polar surface area (TPSA) is 72.7 Å². The summed E-state index contributed by atoms with van der Waals surface area (Å²) in [5.41, 5.74) is 0.356. The Balaban J connectivity index is 1.85. The molecular formula is C16H14FN3O3S. The van der Waals surface area contributed by atoms with Gasteiger partial charge in [0.2, 0.25) is 0 Å². The summed E-state index contributed by atoms with van der Waals surface area (Å²) < 4.78 is 19.6. The van der Waals surface area contributed by atoms with Gasteiger partial charge >= 0.3 is 0 Å². The Hall–Kier alpha value is -2.74. The Morgan fingerprint density at radius 1 is 1.38 bits per heavy atom. The van der Waals surface area contributed by atoms with Crippen LogP contribution in [0.2, 0.25) is 0 Å². The summed E-state index contributed by atoms with van der Waals surface area (Å²) in [5.74, 6) is -0.188. The highest BCUT2D eigenvalue weighted by Gasteiger charge is 2.14. The number of fused-ring (bicyclic) bond motifs is 1. The van der Waals surface area contributed by atoms with E-state index in [1.165, 1.54) is 46.1 Å². The lowest BCUT2D eigenvalue weighted by Gasteiger charge is -2.06. The van der Waals surface area contributed by atoms with Crippen LogP contribution in [0.3, 0.4) is 0 Å². The zero-order valence-electron chi connectivity index (χ0n) is 12.8. The molecule has 0 aliphatic carbocycles. The maximum atomic E-state index is 12.9. The fourth-order valence-corrected chi connectivity index (χ4v) is 3.03. The molecule has 3 rings (SSSR count). The lowest BCUT2D eigenvalue weighted by Crippen LogP contribution is -2.27. The number of amides is 1. The van der Waals surface area contributed by atoms with Gasteiger partial charge in [0, 0.05) is 18.0 Å². The number of rotatable bonds is 5. The average molecular weight is 347 g/mol. The van der Waals surface area contributed by atoms with Crippen molar-refractivity contribution in [2.75, 3.05) is 6.54 Å². The molecule has 6 nitrogen and oxygen atoms in total.